The summed E-state index contributed by atoms with van der Waals surface area (Å²) in [5.74, 6) is 0. The standard InChI is InChI=1S/C20H20NS/c1-3-21-18(13-11-17-6-4-5-7-20(17)21)12-8-16-9-14-19(22-2)15-10-16/h4-15H,3H2,1-2H3/q+1. The first-order chi connectivity index (χ1) is 10.8. The van der Waals surface area contributed by atoms with Crippen molar-refractivity contribution >= 4 is 34.8 Å². The molecule has 0 bridgehead atoms. The number of aromatic nitrogens is 1. The van der Waals surface area contributed by atoms with Gasteiger partial charge >= 0.3 is 0 Å². The van der Waals surface area contributed by atoms with Crippen molar-refractivity contribution in [1.82, 2.24) is 0 Å². The molecule has 0 atom stereocenters. The molecule has 22 heavy (non-hydrogen) atoms. The van der Waals surface area contributed by atoms with Gasteiger partial charge in [-0.25, -0.2) is 0 Å². The van der Waals surface area contributed by atoms with Gasteiger partial charge in [0.15, 0.2) is 0 Å². The summed E-state index contributed by atoms with van der Waals surface area (Å²) in [7, 11) is 0. The van der Waals surface area contributed by atoms with E-state index in [0.717, 1.165) is 6.54 Å². The fraction of sp³-hybridized carbons (Fsp3) is 0.150. The molecule has 2 heteroatoms. The zero-order chi connectivity index (χ0) is 15.4. The van der Waals surface area contributed by atoms with Crippen molar-refractivity contribution in [1.29, 1.82) is 0 Å². The quantitative estimate of drug-likeness (QED) is 0.482. The largest absolute Gasteiger partial charge is 0.212 e. The topological polar surface area (TPSA) is 3.88 Å². The Bertz CT molecular complexity index is 804. The highest BCUT2D eigenvalue weighted by Gasteiger charge is 2.10. The molecule has 0 radical (unpaired) electrons. The Balaban J connectivity index is 1.97. The van der Waals surface area contributed by atoms with Crippen LogP contribution < -0.4 is 4.57 Å². The van der Waals surface area contributed by atoms with Crippen LogP contribution in [-0.4, -0.2) is 6.26 Å². The van der Waals surface area contributed by atoms with Gasteiger partial charge in [-0.3, -0.25) is 0 Å². The fourth-order valence-electron chi connectivity index (χ4n) is 2.67. The molecule has 1 nitrogen and oxygen atoms in total. The molecule has 2 aromatic carbocycles. The van der Waals surface area contributed by atoms with Crippen LogP contribution >= 0.6 is 11.8 Å². The Labute approximate surface area is 136 Å². The second-order valence-electron chi connectivity index (χ2n) is 5.17. The Hall–Kier alpha value is -2.06. The average Bonchev–Trinajstić information content (AvgIpc) is 2.59. The van der Waals surface area contributed by atoms with Crippen molar-refractivity contribution in [2.45, 2.75) is 18.4 Å². The van der Waals surface area contributed by atoms with Gasteiger partial charge in [-0.05, 0) is 49.1 Å². The van der Waals surface area contributed by atoms with Gasteiger partial charge in [0.05, 0.1) is 0 Å². The lowest BCUT2D eigenvalue weighted by atomic mass is 10.1. The molecule has 0 fully saturated rings. The third kappa shape index (κ3) is 3.07. The first-order valence-electron chi connectivity index (χ1n) is 7.55. The lowest BCUT2D eigenvalue weighted by Gasteiger charge is -2.02. The Morgan fingerprint density at radius 2 is 1.68 bits per heavy atom. The van der Waals surface area contributed by atoms with E-state index in [1.54, 1.807) is 11.8 Å². The van der Waals surface area contributed by atoms with Crippen molar-refractivity contribution in [3.05, 3.63) is 71.9 Å². The van der Waals surface area contributed by atoms with Gasteiger partial charge in [-0.1, -0.05) is 24.3 Å². The third-order valence-corrected chi connectivity index (χ3v) is 4.60. The maximum Gasteiger partial charge on any atom is 0.212 e. The fourth-order valence-corrected chi connectivity index (χ4v) is 3.08. The van der Waals surface area contributed by atoms with E-state index >= 15 is 0 Å². The SMILES string of the molecule is CC[n+]1c(C=Cc2ccc(SC)cc2)ccc2ccccc21. The first-order valence-corrected chi connectivity index (χ1v) is 8.78. The van der Waals surface area contributed by atoms with Crippen molar-refractivity contribution in [3.8, 4) is 0 Å². The second kappa shape index (κ2) is 6.80. The number of fused-ring (bicyclic) bond motifs is 1. The molecule has 0 N–H and O–H groups in total. The molecule has 1 heterocycles. The minimum atomic E-state index is 0.965. The predicted molar refractivity (Wildman–Crippen MR) is 97.0 cm³/mol. The predicted octanol–water partition coefficient (Wildman–Crippen LogP) is 5.04. The van der Waals surface area contributed by atoms with Crippen LogP contribution in [-0.2, 0) is 6.54 Å². The second-order valence-corrected chi connectivity index (χ2v) is 6.05. The van der Waals surface area contributed by atoms with Crippen LogP contribution in [0, 0.1) is 0 Å². The van der Waals surface area contributed by atoms with Gasteiger partial charge < -0.3 is 0 Å². The molecule has 0 aliphatic rings. The van der Waals surface area contributed by atoms with Crippen LogP contribution in [0.2, 0.25) is 0 Å². The number of rotatable bonds is 4. The monoisotopic (exact) mass is 306 g/mol. The number of para-hydroxylation sites is 1. The summed E-state index contributed by atoms with van der Waals surface area (Å²) in [5, 5.41) is 1.28. The van der Waals surface area contributed by atoms with Crippen molar-refractivity contribution in [3.63, 3.8) is 0 Å². The van der Waals surface area contributed by atoms with Crippen LogP contribution in [0.4, 0.5) is 0 Å². The lowest BCUT2D eigenvalue weighted by molar-refractivity contribution is -0.669. The maximum absolute atomic E-state index is 2.35. The van der Waals surface area contributed by atoms with E-state index in [4.69, 9.17) is 0 Å². The van der Waals surface area contributed by atoms with E-state index in [2.05, 4.69) is 90.6 Å². The summed E-state index contributed by atoms with van der Waals surface area (Å²) in [6, 6.07) is 21.6. The number of nitrogens with zero attached hydrogens (tertiary/aromatic N) is 1. The molecule has 1 aromatic heterocycles. The van der Waals surface area contributed by atoms with Gasteiger partial charge in [-0.15, -0.1) is 11.8 Å². The summed E-state index contributed by atoms with van der Waals surface area (Å²) < 4.78 is 2.35. The molecule has 0 spiro atoms. The number of hydrogen-bond acceptors (Lipinski definition) is 1. The summed E-state index contributed by atoms with van der Waals surface area (Å²) in [5.41, 5.74) is 3.74. The third-order valence-electron chi connectivity index (χ3n) is 3.85. The van der Waals surface area contributed by atoms with Crippen molar-refractivity contribution < 1.29 is 4.57 Å². The smallest absolute Gasteiger partial charge is 0.192 e. The highest BCUT2D eigenvalue weighted by Crippen LogP contribution is 2.17. The van der Waals surface area contributed by atoms with Crippen LogP contribution in [0.5, 0.6) is 0 Å². The van der Waals surface area contributed by atoms with Gasteiger partial charge in [0.2, 0.25) is 11.2 Å². The molecular weight excluding hydrogens is 286 g/mol. The molecule has 0 aliphatic heterocycles. The van der Waals surface area contributed by atoms with Crippen molar-refractivity contribution in [2.75, 3.05) is 6.26 Å². The highest BCUT2D eigenvalue weighted by atomic mass is 32.2. The summed E-state index contributed by atoms with van der Waals surface area (Å²) in [4.78, 5) is 1.30. The van der Waals surface area contributed by atoms with E-state index in [9.17, 15) is 0 Å². The average molecular weight is 306 g/mol. The lowest BCUT2D eigenvalue weighted by Crippen LogP contribution is -2.36. The number of aryl methyl sites for hydroxylation is 1. The van der Waals surface area contributed by atoms with Crippen LogP contribution in [0.15, 0.2) is 65.6 Å². The number of thioether (sulfide) groups is 1. The Morgan fingerprint density at radius 3 is 2.41 bits per heavy atom. The van der Waals surface area contributed by atoms with E-state index in [1.807, 2.05) is 0 Å². The number of pyridine rings is 1. The van der Waals surface area contributed by atoms with Crippen molar-refractivity contribution in [2.24, 2.45) is 0 Å². The van der Waals surface area contributed by atoms with Gasteiger partial charge in [0.25, 0.3) is 0 Å². The van der Waals surface area contributed by atoms with Gasteiger partial charge in [0, 0.05) is 28.5 Å². The van der Waals surface area contributed by atoms with E-state index in [0.29, 0.717) is 0 Å². The molecule has 0 amide bonds. The van der Waals surface area contributed by atoms with Gasteiger partial charge in [-0.2, -0.15) is 4.57 Å². The van der Waals surface area contributed by atoms with E-state index in [-0.39, 0.29) is 0 Å². The number of benzene rings is 2. The molecule has 3 aromatic rings. The molecule has 0 unspecified atom stereocenters. The van der Waals surface area contributed by atoms with Crippen LogP contribution in [0.1, 0.15) is 18.2 Å². The van der Waals surface area contributed by atoms with E-state index < -0.39 is 0 Å². The van der Waals surface area contributed by atoms with E-state index in [1.165, 1.54) is 27.1 Å². The minimum absolute atomic E-state index is 0.965. The first kappa shape index (κ1) is 14.9. The molecule has 0 saturated heterocycles. The van der Waals surface area contributed by atoms with Gasteiger partial charge in [0.1, 0.15) is 6.54 Å². The molecule has 110 valence electrons. The Morgan fingerprint density at radius 1 is 0.909 bits per heavy atom. The Kier molecular flexibility index (Phi) is 4.59. The summed E-state index contributed by atoms with van der Waals surface area (Å²) in [6.45, 7) is 3.16. The molecule has 0 saturated carbocycles. The normalized spacial score (nSPS) is 11.4. The molecular formula is C20H20NS+. The molecule has 0 aliphatic carbocycles. The summed E-state index contributed by atoms with van der Waals surface area (Å²) >= 11 is 1.77. The van der Waals surface area contributed by atoms with Crippen LogP contribution in [0.3, 0.4) is 0 Å². The summed E-state index contributed by atoms with van der Waals surface area (Å²) in [6.07, 6.45) is 6.48. The zero-order valence-electron chi connectivity index (χ0n) is 13.0. The molecule has 3 rings (SSSR count). The maximum atomic E-state index is 2.35. The zero-order valence-corrected chi connectivity index (χ0v) is 13.8. The number of hydrogen-bond donors (Lipinski definition) is 0. The highest BCUT2D eigenvalue weighted by molar-refractivity contribution is 7.98. The van der Waals surface area contributed by atoms with Crippen LogP contribution in [0.25, 0.3) is 23.1 Å². The minimum Gasteiger partial charge on any atom is -0.192 e.